The number of hydrogen-bond donors (Lipinski definition) is 1. The van der Waals surface area contributed by atoms with Crippen molar-refractivity contribution >= 4 is 22.8 Å². The van der Waals surface area contributed by atoms with Crippen molar-refractivity contribution < 1.29 is 5.11 Å². The molecule has 1 aliphatic rings. The summed E-state index contributed by atoms with van der Waals surface area (Å²) in [6.07, 6.45) is 4.62. The summed E-state index contributed by atoms with van der Waals surface area (Å²) >= 11 is 5.85. The monoisotopic (exact) mass is 296 g/mol. The van der Waals surface area contributed by atoms with Gasteiger partial charge >= 0.3 is 5.69 Å². The highest BCUT2D eigenvalue weighted by Crippen LogP contribution is 2.35. The number of hydrogen-bond acceptors (Lipinski definition) is 4. The second kappa shape index (κ2) is 4.56. The van der Waals surface area contributed by atoms with Crippen molar-refractivity contribution in [2.24, 2.45) is 7.05 Å². The van der Waals surface area contributed by atoms with Crippen LogP contribution in [0, 0.1) is 0 Å². The average molecular weight is 297 g/mol. The summed E-state index contributed by atoms with van der Waals surface area (Å²) in [5.74, 6) is 0. The molecule has 0 radical (unpaired) electrons. The molecular weight excluding hydrogens is 280 g/mol. The van der Waals surface area contributed by atoms with Crippen molar-refractivity contribution in [2.45, 2.75) is 44.2 Å². The summed E-state index contributed by atoms with van der Waals surface area (Å²) in [6.45, 7) is 1.82. The standard InChI is InChI=1S/C13H17ClN4O2/c1-13(20)5-3-4-8(6-13)18-10-9(17(2)12(18)19)7-15-11(14)16-10/h7-8,20H,3-6H2,1-2H3. The van der Waals surface area contributed by atoms with Crippen LogP contribution >= 0.6 is 11.6 Å². The lowest BCUT2D eigenvalue weighted by Gasteiger charge is -2.34. The Morgan fingerprint density at radius 2 is 2.30 bits per heavy atom. The SMILES string of the molecule is Cn1c(=O)n(C2CCCC(C)(O)C2)c2nc(Cl)ncc21. The number of aromatic nitrogens is 4. The molecule has 0 spiro atoms. The number of nitrogens with zero attached hydrogens (tertiary/aromatic N) is 4. The zero-order valence-electron chi connectivity index (χ0n) is 11.5. The second-order valence-corrected chi connectivity index (χ2v) is 6.14. The van der Waals surface area contributed by atoms with E-state index in [1.54, 1.807) is 17.8 Å². The van der Waals surface area contributed by atoms with Crippen molar-refractivity contribution in [2.75, 3.05) is 0 Å². The van der Waals surface area contributed by atoms with E-state index in [4.69, 9.17) is 11.6 Å². The summed E-state index contributed by atoms with van der Waals surface area (Å²) in [5.41, 5.74) is 0.325. The van der Waals surface area contributed by atoms with Gasteiger partial charge in [-0.2, -0.15) is 4.98 Å². The Bertz CT molecular complexity index is 719. The van der Waals surface area contributed by atoms with Crippen molar-refractivity contribution in [3.05, 3.63) is 22.0 Å². The summed E-state index contributed by atoms with van der Waals surface area (Å²) in [6, 6.07) is -0.0547. The topological polar surface area (TPSA) is 72.9 Å². The fourth-order valence-corrected chi connectivity index (χ4v) is 3.22. The van der Waals surface area contributed by atoms with E-state index in [0.29, 0.717) is 17.6 Å². The molecule has 2 aromatic rings. The fourth-order valence-electron chi connectivity index (χ4n) is 3.09. The smallest absolute Gasteiger partial charge is 0.330 e. The first-order chi connectivity index (χ1) is 9.39. The van der Waals surface area contributed by atoms with E-state index in [9.17, 15) is 9.90 Å². The minimum atomic E-state index is -0.735. The van der Waals surface area contributed by atoms with Crippen LogP contribution in [0.1, 0.15) is 38.6 Å². The Morgan fingerprint density at radius 1 is 1.55 bits per heavy atom. The van der Waals surface area contributed by atoms with E-state index in [2.05, 4.69) is 9.97 Å². The van der Waals surface area contributed by atoms with E-state index in [-0.39, 0.29) is 17.0 Å². The molecule has 20 heavy (non-hydrogen) atoms. The summed E-state index contributed by atoms with van der Waals surface area (Å²) in [5, 5.41) is 10.4. The van der Waals surface area contributed by atoms with Crippen LogP contribution in [0.3, 0.4) is 0 Å². The van der Waals surface area contributed by atoms with Gasteiger partial charge in [-0.1, -0.05) is 0 Å². The van der Waals surface area contributed by atoms with Crippen LogP contribution in [0.5, 0.6) is 0 Å². The van der Waals surface area contributed by atoms with Crippen LogP contribution in [0.4, 0.5) is 0 Å². The maximum Gasteiger partial charge on any atom is 0.330 e. The molecule has 6 nitrogen and oxygen atoms in total. The highest BCUT2D eigenvalue weighted by Gasteiger charge is 2.33. The minimum absolute atomic E-state index is 0.0547. The summed E-state index contributed by atoms with van der Waals surface area (Å²) < 4.78 is 3.17. The molecule has 0 amide bonds. The van der Waals surface area contributed by atoms with Gasteiger partial charge in [-0.15, -0.1) is 0 Å². The normalized spacial score (nSPS) is 27.1. The van der Waals surface area contributed by atoms with Gasteiger partial charge in [0.25, 0.3) is 0 Å². The van der Waals surface area contributed by atoms with Crippen LogP contribution in [0.15, 0.2) is 11.0 Å². The molecule has 2 heterocycles. The Kier molecular flexibility index (Phi) is 3.10. The van der Waals surface area contributed by atoms with Crippen molar-refractivity contribution in [1.29, 1.82) is 0 Å². The lowest BCUT2D eigenvalue weighted by molar-refractivity contribution is 0.00388. The predicted octanol–water partition coefficient (Wildman–Crippen LogP) is 1.65. The van der Waals surface area contributed by atoms with E-state index >= 15 is 0 Å². The molecule has 0 bridgehead atoms. The minimum Gasteiger partial charge on any atom is -0.390 e. The molecule has 0 saturated heterocycles. The van der Waals surface area contributed by atoms with E-state index < -0.39 is 5.60 Å². The molecule has 7 heteroatoms. The Balaban J connectivity index is 2.18. The zero-order valence-corrected chi connectivity index (χ0v) is 12.3. The first-order valence-electron chi connectivity index (χ1n) is 6.71. The molecule has 3 rings (SSSR count). The number of fused-ring (bicyclic) bond motifs is 1. The van der Waals surface area contributed by atoms with E-state index in [0.717, 1.165) is 19.3 Å². The first kappa shape index (κ1) is 13.6. The number of aliphatic hydroxyl groups is 1. The van der Waals surface area contributed by atoms with Gasteiger partial charge in [-0.25, -0.2) is 9.78 Å². The van der Waals surface area contributed by atoms with Gasteiger partial charge in [0.05, 0.1) is 11.8 Å². The third-order valence-corrected chi connectivity index (χ3v) is 4.28. The van der Waals surface area contributed by atoms with Gasteiger partial charge in [-0.3, -0.25) is 9.13 Å². The maximum absolute atomic E-state index is 12.4. The number of imidazole rings is 1. The fraction of sp³-hybridized carbons (Fsp3) is 0.615. The Labute approximate surface area is 121 Å². The molecular formula is C13H17ClN4O2. The highest BCUT2D eigenvalue weighted by molar-refractivity contribution is 6.28. The van der Waals surface area contributed by atoms with Gasteiger partial charge in [0.1, 0.15) is 5.52 Å². The van der Waals surface area contributed by atoms with Crippen molar-refractivity contribution in [3.63, 3.8) is 0 Å². The van der Waals surface area contributed by atoms with Gasteiger partial charge < -0.3 is 5.11 Å². The van der Waals surface area contributed by atoms with Crippen LogP contribution in [-0.4, -0.2) is 29.8 Å². The van der Waals surface area contributed by atoms with E-state index in [1.807, 2.05) is 6.92 Å². The number of halogens is 1. The highest BCUT2D eigenvalue weighted by atomic mass is 35.5. The third kappa shape index (κ3) is 2.13. The van der Waals surface area contributed by atoms with Crippen molar-refractivity contribution in [3.8, 4) is 0 Å². The molecule has 1 fully saturated rings. The second-order valence-electron chi connectivity index (χ2n) is 5.81. The molecule has 1 N–H and O–H groups in total. The Morgan fingerprint density at radius 3 is 3.00 bits per heavy atom. The number of rotatable bonds is 1. The molecule has 1 saturated carbocycles. The summed E-state index contributed by atoms with van der Waals surface area (Å²) in [7, 11) is 1.69. The summed E-state index contributed by atoms with van der Waals surface area (Å²) in [4.78, 5) is 20.6. The van der Waals surface area contributed by atoms with Gasteiger partial charge in [0.2, 0.25) is 5.28 Å². The first-order valence-corrected chi connectivity index (χ1v) is 7.09. The molecule has 1 aliphatic carbocycles. The Hall–Kier alpha value is -1.40. The van der Waals surface area contributed by atoms with E-state index in [1.165, 1.54) is 4.57 Å². The van der Waals surface area contributed by atoms with Crippen molar-refractivity contribution in [1.82, 2.24) is 19.1 Å². The molecule has 0 aliphatic heterocycles. The predicted molar refractivity (Wildman–Crippen MR) is 75.9 cm³/mol. The largest absolute Gasteiger partial charge is 0.390 e. The van der Waals surface area contributed by atoms with Gasteiger partial charge in [0.15, 0.2) is 5.65 Å². The maximum atomic E-state index is 12.4. The van der Waals surface area contributed by atoms with Gasteiger partial charge in [0, 0.05) is 13.1 Å². The van der Waals surface area contributed by atoms with Crippen LogP contribution in [0.2, 0.25) is 5.28 Å². The average Bonchev–Trinajstić information content (AvgIpc) is 2.60. The van der Waals surface area contributed by atoms with Gasteiger partial charge in [-0.05, 0) is 44.2 Å². The third-order valence-electron chi connectivity index (χ3n) is 4.10. The number of aryl methyl sites for hydroxylation is 1. The van der Waals surface area contributed by atoms with Crippen LogP contribution in [-0.2, 0) is 7.05 Å². The molecule has 0 aromatic carbocycles. The quantitative estimate of drug-likeness (QED) is 0.812. The lowest BCUT2D eigenvalue weighted by Crippen LogP contribution is -2.36. The molecule has 108 valence electrons. The molecule has 2 unspecified atom stereocenters. The van der Waals surface area contributed by atoms with Crippen LogP contribution in [0.25, 0.3) is 11.2 Å². The molecule has 2 atom stereocenters. The lowest BCUT2D eigenvalue weighted by atomic mass is 9.83. The molecule has 2 aromatic heterocycles. The zero-order chi connectivity index (χ0) is 14.5. The van der Waals surface area contributed by atoms with Crippen LogP contribution < -0.4 is 5.69 Å².